The lowest BCUT2D eigenvalue weighted by Crippen LogP contribution is -2.31. The quantitative estimate of drug-likeness (QED) is 0.540. The molecule has 4 heteroatoms. The lowest BCUT2D eigenvalue weighted by molar-refractivity contribution is -0.678. The predicted octanol–water partition coefficient (Wildman–Crippen LogP) is 0.286. The molecular weight excluding hydrogens is 182 g/mol. The maximum atomic E-state index is 9.51. The van der Waals surface area contributed by atoms with Crippen LogP contribution in [-0.4, -0.2) is 23.4 Å². The first-order chi connectivity index (χ1) is 6.66. The van der Waals surface area contributed by atoms with Gasteiger partial charge in [0.05, 0.1) is 6.61 Å². The lowest BCUT2D eigenvalue weighted by Gasteiger charge is -2.07. The molecule has 2 N–H and O–H groups in total. The average molecular weight is 198 g/mol. The third-order valence-electron chi connectivity index (χ3n) is 2.10. The van der Waals surface area contributed by atoms with E-state index in [2.05, 4.69) is 0 Å². The maximum absolute atomic E-state index is 9.51. The van der Waals surface area contributed by atoms with Crippen molar-refractivity contribution in [2.24, 2.45) is 7.05 Å². The first-order valence-electron chi connectivity index (χ1n) is 4.58. The van der Waals surface area contributed by atoms with Crippen molar-refractivity contribution in [3.63, 3.8) is 0 Å². The first-order valence-corrected chi connectivity index (χ1v) is 4.58. The average Bonchev–Trinajstić information content (AvgIpc) is 2.18. The highest BCUT2D eigenvalue weighted by molar-refractivity contribution is 5.38. The molecule has 1 rings (SSSR count). The summed E-state index contributed by atoms with van der Waals surface area (Å²) in [7, 11) is 1.88. The number of pyridine rings is 1. The van der Waals surface area contributed by atoms with Crippen LogP contribution in [0.25, 0.3) is 0 Å². The smallest absolute Gasteiger partial charge is 0.228 e. The van der Waals surface area contributed by atoms with Crippen molar-refractivity contribution in [3.8, 4) is 11.5 Å². The van der Waals surface area contributed by atoms with Gasteiger partial charge in [-0.25, -0.2) is 4.57 Å². The molecule has 0 atom stereocenters. The van der Waals surface area contributed by atoms with Gasteiger partial charge >= 0.3 is 0 Å². The number of rotatable bonds is 4. The summed E-state index contributed by atoms with van der Waals surface area (Å²) in [5.74, 6) is 0.627. The van der Waals surface area contributed by atoms with E-state index >= 15 is 0 Å². The van der Waals surface area contributed by atoms with Gasteiger partial charge in [0.1, 0.15) is 7.05 Å². The van der Waals surface area contributed by atoms with Crippen LogP contribution in [0.15, 0.2) is 12.3 Å². The highest BCUT2D eigenvalue weighted by atomic mass is 16.5. The predicted molar refractivity (Wildman–Crippen MR) is 51.2 cm³/mol. The number of aromatic hydroxyl groups is 1. The summed E-state index contributed by atoms with van der Waals surface area (Å²) in [5, 5.41) is 18.1. The fourth-order valence-corrected chi connectivity index (χ4v) is 1.13. The van der Waals surface area contributed by atoms with Gasteiger partial charge in [0.15, 0.2) is 11.9 Å². The van der Waals surface area contributed by atoms with E-state index in [0.29, 0.717) is 18.8 Å². The van der Waals surface area contributed by atoms with Gasteiger partial charge in [-0.1, -0.05) is 0 Å². The zero-order chi connectivity index (χ0) is 10.6. The summed E-state index contributed by atoms with van der Waals surface area (Å²) in [4.78, 5) is 0. The molecule has 0 spiro atoms. The number of aromatic nitrogens is 1. The van der Waals surface area contributed by atoms with Gasteiger partial charge in [0.2, 0.25) is 11.4 Å². The van der Waals surface area contributed by atoms with Gasteiger partial charge < -0.3 is 14.9 Å². The minimum Gasteiger partial charge on any atom is -0.504 e. The van der Waals surface area contributed by atoms with Gasteiger partial charge in [-0.3, -0.25) is 0 Å². The molecular formula is C10H16NO3+. The van der Waals surface area contributed by atoms with Gasteiger partial charge in [-0.15, -0.1) is 0 Å². The Labute approximate surface area is 83.4 Å². The van der Waals surface area contributed by atoms with Crippen LogP contribution >= 0.6 is 0 Å². The minimum absolute atomic E-state index is 0.0960. The molecule has 4 nitrogen and oxygen atoms in total. The first kappa shape index (κ1) is 10.8. The van der Waals surface area contributed by atoms with Crippen molar-refractivity contribution >= 4 is 0 Å². The summed E-state index contributed by atoms with van der Waals surface area (Å²) < 4.78 is 7.23. The van der Waals surface area contributed by atoms with E-state index in [1.807, 2.05) is 18.5 Å². The van der Waals surface area contributed by atoms with Crippen molar-refractivity contribution < 1.29 is 19.5 Å². The maximum Gasteiger partial charge on any atom is 0.228 e. The number of nitrogens with zero attached hydrogens (tertiary/aromatic N) is 1. The molecule has 0 unspecified atom stereocenters. The molecule has 0 bridgehead atoms. The zero-order valence-corrected chi connectivity index (χ0v) is 8.53. The molecule has 0 fully saturated rings. The normalized spacial score (nSPS) is 10.2. The highest BCUT2D eigenvalue weighted by Gasteiger charge is 2.14. The molecule has 0 saturated carbocycles. The molecule has 1 aromatic rings. The molecule has 0 saturated heterocycles. The summed E-state index contributed by atoms with van der Waals surface area (Å²) >= 11 is 0. The standard InChI is InChI=1S/C10H15NO3/c1-8-10(14-7-3-6-12)9(13)4-5-11(8)2/h4-5,12H,3,6-7H2,1-2H3/p+1. The fraction of sp³-hybridized carbons (Fsp3) is 0.500. The lowest BCUT2D eigenvalue weighted by atomic mass is 10.3. The molecule has 14 heavy (non-hydrogen) atoms. The highest BCUT2D eigenvalue weighted by Crippen LogP contribution is 2.26. The number of ether oxygens (including phenoxy) is 1. The third-order valence-corrected chi connectivity index (χ3v) is 2.10. The van der Waals surface area contributed by atoms with Gasteiger partial charge in [-0.05, 0) is 0 Å². The Morgan fingerprint density at radius 1 is 1.50 bits per heavy atom. The number of hydrogen-bond donors (Lipinski definition) is 2. The van der Waals surface area contributed by atoms with Crippen LogP contribution in [0.5, 0.6) is 11.5 Å². The molecule has 0 amide bonds. The van der Waals surface area contributed by atoms with Crippen LogP contribution in [0.3, 0.4) is 0 Å². The Balaban J connectivity index is 2.79. The Morgan fingerprint density at radius 2 is 2.21 bits per heavy atom. The van der Waals surface area contributed by atoms with E-state index in [-0.39, 0.29) is 12.4 Å². The Bertz CT molecular complexity index is 312. The van der Waals surface area contributed by atoms with Crippen LogP contribution in [0.4, 0.5) is 0 Å². The Hall–Kier alpha value is -1.29. The van der Waals surface area contributed by atoms with Crippen molar-refractivity contribution in [2.75, 3.05) is 13.2 Å². The van der Waals surface area contributed by atoms with Crippen molar-refractivity contribution in [1.29, 1.82) is 0 Å². The molecule has 0 aromatic carbocycles. The summed E-state index contributed by atoms with van der Waals surface area (Å²) in [6, 6.07) is 1.58. The summed E-state index contributed by atoms with van der Waals surface area (Å²) in [5.41, 5.74) is 0.864. The van der Waals surface area contributed by atoms with E-state index in [4.69, 9.17) is 9.84 Å². The van der Waals surface area contributed by atoms with Crippen LogP contribution in [-0.2, 0) is 7.05 Å². The van der Waals surface area contributed by atoms with E-state index < -0.39 is 0 Å². The topological polar surface area (TPSA) is 53.6 Å². The third kappa shape index (κ3) is 2.35. The van der Waals surface area contributed by atoms with Crippen LogP contribution in [0.1, 0.15) is 12.1 Å². The molecule has 1 heterocycles. The van der Waals surface area contributed by atoms with E-state index in [0.717, 1.165) is 5.69 Å². The Kier molecular flexibility index (Phi) is 3.71. The number of aryl methyl sites for hydroxylation is 1. The zero-order valence-electron chi connectivity index (χ0n) is 8.53. The second kappa shape index (κ2) is 4.81. The second-order valence-corrected chi connectivity index (χ2v) is 3.15. The SMILES string of the molecule is Cc1c(OCCCO)c(O)cc[n+]1C. The van der Waals surface area contributed by atoms with Crippen molar-refractivity contribution in [2.45, 2.75) is 13.3 Å². The monoisotopic (exact) mass is 198 g/mol. The molecule has 0 aliphatic rings. The molecule has 0 aliphatic carbocycles. The van der Waals surface area contributed by atoms with Gasteiger partial charge in [0.25, 0.3) is 0 Å². The van der Waals surface area contributed by atoms with Crippen LogP contribution in [0.2, 0.25) is 0 Å². The number of aliphatic hydroxyl groups excluding tert-OH is 1. The summed E-state index contributed by atoms with van der Waals surface area (Å²) in [6.45, 7) is 2.38. The van der Waals surface area contributed by atoms with Gasteiger partial charge in [-0.2, -0.15) is 0 Å². The van der Waals surface area contributed by atoms with Crippen molar-refractivity contribution in [3.05, 3.63) is 18.0 Å². The minimum atomic E-state index is 0.0960. The van der Waals surface area contributed by atoms with Gasteiger partial charge in [0, 0.05) is 26.0 Å². The van der Waals surface area contributed by atoms with Crippen molar-refractivity contribution in [1.82, 2.24) is 0 Å². The Morgan fingerprint density at radius 3 is 2.86 bits per heavy atom. The molecule has 0 aliphatic heterocycles. The van der Waals surface area contributed by atoms with E-state index in [9.17, 15) is 5.11 Å². The molecule has 0 radical (unpaired) electrons. The molecule has 1 aromatic heterocycles. The fourth-order valence-electron chi connectivity index (χ4n) is 1.13. The largest absolute Gasteiger partial charge is 0.504 e. The second-order valence-electron chi connectivity index (χ2n) is 3.15. The van der Waals surface area contributed by atoms with E-state index in [1.54, 1.807) is 12.3 Å². The number of aliphatic hydroxyl groups is 1. The van der Waals surface area contributed by atoms with Crippen LogP contribution in [0, 0.1) is 6.92 Å². The van der Waals surface area contributed by atoms with Crippen LogP contribution < -0.4 is 9.30 Å². The molecule has 78 valence electrons. The summed E-state index contributed by atoms with van der Waals surface area (Å²) in [6.07, 6.45) is 2.33. The number of hydrogen-bond acceptors (Lipinski definition) is 3. The van der Waals surface area contributed by atoms with E-state index in [1.165, 1.54) is 0 Å².